The van der Waals surface area contributed by atoms with E-state index < -0.39 is 12.1 Å². The van der Waals surface area contributed by atoms with Gasteiger partial charge >= 0.3 is 6.03 Å². The van der Waals surface area contributed by atoms with E-state index in [0.717, 1.165) is 27.7 Å². The number of nitrogens with zero attached hydrogens (tertiary/aromatic N) is 1. The summed E-state index contributed by atoms with van der Waals surface area (Å²) in [6.45, 7) is 3.57. The van der Waals surface area contributed by atoms with Gasteiger partial charge in [0.25, 0.3) is 5.91 Å². The van der Waals surface area contributed by atoms with E-state index in [1.165, 1.54) is 0 Å². The lowest BCUT2D eigenvalue weighted by Crippen LogP contribution is -2.41. The summed E-state index contributed by atoms with van der Waals surface area (Å²) in [5.74, 6) is -0.684. The van der Waals surface area contributed by atoms with Crippen LogP contribution in [-0.4, -0.2) is 35.3 Å². The Kier molecular flexibility index (Phi) is 5.21. The minimum Gasteiger partial charge on any atom is -0.348 e. The number of hydrogen-bond donors (Lipinski definition) is 2. The Bertz CT molecular complexity index is 849. The van der Waals surface area contributed by atoms with Crippen molar-refractivity contribution in [2.24, 2.45) is 0 Å². The highest BCUT2D eigenvalue weighted by molar-refractivity contribution is 6.06. The quantitative estimate of drug-likeness (QED) is 0.784. The second kappa shape index (κ2) is 7.56. The zero-order chi connectivity index (χ0) is 18.7. The van der Waals surface area contributed by atoms with Crippen LogP contribution in [0.25, 0.3) is 10.8 Å². The first-order chi connectivity index (χ1) is 12.5. The van der Waals surface area contributed by atoms with Gasteiger partial charge in [-0.3, -0.25) is 14.5 Å². The van der Waals surface area contributed by atoms with Crippen LogP contribution in [0.4, 0.5) is 4.79 Å². The summed E-state index contributed by atoms with van der Waals surface area (Å²) in [5, 5.41) is 7.72. The number of nitrogens with one attached hydrogen (secondary N) is 2. The number of amides is 4. The normalized spacial score (nSPS) is 18.1. The first-order valence-electron chi connectivity index (χ1n) is 8.89. The van der Waals surface area contributed by atoms with Crippen LogP contribution in [0.5, 0.6) is 0 Å². The van der Waals surface area contributed by atoms with E-state index in [1.54, 1.807) is 0 Å². The lowest BCUT2D eigenvalue weighted by atomic mass is 10.0. The zero-order valence-corrected chi connectivity index (χ0v) is 15.0. The van der Waals surface area contributed by atoms with E-state index in [9.17, 15) is 14.4 Å². The fourth-order valence-electron chi connectivity index (χ4n) is 3.20. The van der Waals surface area contributed by atoms with Crippen molar-refractivity contribution in [2.45, 2.75) is 38.8 Å². The van der Waals surface area contributed by atoms with Gasteiger partial charge < -0.3 is 10.6 Å². The fourth-order valence-corrected chi connectivity index (χ4v) is 3.20. The molecule has 1 heterocycles. The maximum atomic E-state index is 12.3. The van der Waals surface area contributed by atoms with E-state index in [4.69, 9.17) is 0 Å². The number of carbonyl (C=O) groups excluding carboxylic acids is 3. The van der Waals surface area contributed by atoms with Gasteiger partial charge in [-0.1, -0.05) is 49.7 Å². The minimum absolute atomic E-state index is 0.223. The maximum Gasteiger partial charge on any atom is 0.325 e. The molecule has 1 fully saturated rings. The third-order valence-electron chi connectivity index (χ3n) is 4.64. The summed E-state index contributed by atoms with van der Waals surface area (Å²) in [4.78, 5) is 37.4. The number of imide groups is 1. The Morgan fingerprint density at radius 3 is 2.65 bits per heavy atom. The maximum absolute atomic E-state index is 12.3. The van der Waals surface area contributed by atoms with Gasteiger partial charge in [0.15, 0.2) is 0 Å². The monoisotopic (exact) mass is 353 g/mol. The first-order valence-corrected chi connectivity index (χ1v) is 8.89. The first kappa shape index (κ1) is 17.9. The van der Waals surface area contributed by atoms with Crippen molar-refractivity contribution in [3.8, 4) is 0 Å². The Hall–Kier alpha value is -2.89. The number of carbonyl (C=O) groups is 3. The number of rotatable bonds is 6. The lowest BCUT2D eigenvalue weighted by Gasteiger charge is -2.18. The Morgan fingerprint density at radius 1 is 1.19 bits per heavy atom. The smallest absolute Gasteiger partial charge is 0.325 e. The number of benzene rings is 2. The van der Waals surface area contributed by atoms with Crippen molar-refractivity contribution in [3.63, 3.8) is 0 Å². The minimum atomic E-state index is -0.516. The molecule has 1 aliphatic heterocycles. The van der Waals surface area contributed by atoms with Crippen molar-refractivity contribution in [1.82, 2.24) is 15.5 Å². The molecule has 2 N–H and O–H groups in total. The average molecular weight is 353 g/mol. The molecule has 0 radical (unpaired) electrons. The predicted molar refractivity (Wildman–Crippen MR) is 99.4 cm³/mol. The van der Waals surface area contributed by atoms with Gasteiger partial charge in [0.05, 0.1) is 6.04 Å². The van der Waals surface area contributed by atoms with Crippen molar-refractivity contribution in [3.05, 3.63) is 48.0 Å². The van der Waals surface area contributed by atoms with E-state index in [-0.39, 0.29) is 24.4 Å². The molecule has 0 saturated carbocycles. The SMILES string of the molecule is CCC[C@@H]1NC(=O)N(CC(=O)N[C@@H](C)c2ccc3ccccc3c2)C1=O. The molecule has 2 aromatic rings. The largest absolute Gasteiger partial charge is 0.348 e. The van der Waals surface area contributed by atoms with Crippen LogP contribution < -0.4 is 10.6 Å². The van der Waals surface area contributed by atoms with Crippen molar-refractivity contribution in [1.29, 1.82) is 0 Å². The van der Waals surface area contributed by atoms with Crippen LogP contribution in [-0.2, 0) is 9.59 Å². The van der Waals surface area contributed by atoms with Crippen LogP contribution in [0.1, 0.15) is 38.3 Å². The predicted octanol–water partition coefficient (Wildman–Crippen LogP) is 2.74. The molecule has 1 saturated heterocycles. The van der Waals surface area contributed by atoms with Crippen LogP contribution in [0.3, 0.4) is 0 Å². The third-order valence-corrected chi connectivity index (χ3v) is 4.64. The number of urea groups is 1. The summed E-state index contributed by atoms with van der Waals surface area (Å²) < 4.78 is 0. The van der Waals surface area contributed by atoms with E-state index in [0.29, 0.717) is 6.42 Å². The van der Waals surface area contributed by atoms with Gasteiger partial charge in [-0.05, 0) is 35.7 Å². The Morgan fingerprint density at radius 2 is 1.92 bits per heavy atom. The van der Waals surface area contributed by atoms with Crippen molar-refractivity contribution >= 4 is 28.6 Å². The molecular formula is C20H23N3O3. The summed E-state index contributed by atoms with van der Waals surface area (Å²) in [6.07, 6.45) is 1.37. The fraction of sp³-hybridized carbons (Fsp3) is 0.350. The summed E-state index contributed by atoms with van der Waals surface area (Å²) >= 11 is 0. The third kappa shape index (κ3) is 3.69. The van der Waals surface area contributed by atoms with Gasteiger partial charge in [-0.2, -0.15) is 0 Å². The molecule has 2 atom stereocenters. The van der Waals surface area contributed by atoms with Crippen molar-refractivity contribution in [2.75, 3.05) is 6.54 Å². The van der Waals surface area contributed by atoms with E-state index in [2.05, 4.69) is 10.6 Å². The van der Waals surface area contributed by atoms with Gasteiger partial charge in [0.1, 0.15) is 12.6 Å². The van der Waals surface area contributed by atoms with Crippen LogP contribution >= 0.6 is 0 Å². The topological polar surface area (TPSA) is 78.5 Å². The average Bonchev–Trinajstić information content (AvgIpc) is 2.89. The molecule has 1 aliphatic rings. The second-order valence-electron chi connectivity index (χ2n) is 6.61. The van der Waals surface area contributed by atoms with Gasteiger partial charge in [0, 0.05) is 0 Å². The highest BCUT2D eigenvalue weighted by Crippen LogP contribution is 2.20. The molecule has 3 rings (SSSR count). The molecule has 26 heavy (non-hydrogen) atoms. The lowest BCUT2D eigenvalue weighted by molar-refractivity contribution is -0.132. The Labute approximate surface area is 152 Å². The van der Waals surface area contributed by atoms with E-state index >= 15 is 0 Å². The van der Waals surface area contributed by atoms with Gasteiger partial charge in [0.2, 0.25) is 5.91 Å². The summed E-state index contributed by atoms with van der Waals surface area (Å²) in [6, 6.07) is 12.8. The molecule has 136 valence electrons. The molecule has 0 unspecified atom stereocenters. The zero-order valence-electron chi connectivity index (χ0n) is 15.0. The standard InChI is InChI=1S/C20H23N3O3/c1-3-6-17-19(25)23(20(26)22-17)12-18(24)21-13(2)15-10-9-14-7-4-5-8-16(14)11-15/h4-5,7-11,13,17H,3,6,12H2,1-2H3,(H,21,24)(H,22,26)/t13-,17-/m0/s1. The van der Waals surface area contributed by atoms with Gasteiger partial charge in [-0.15, -0.1) is 0 Å². The molecule has 0 bridgehead atoms. The van der Waals surface area contributed by atoms with E-state index in [1.807, 2.05) is 56.3 Å². The van der Waals surface area contributed by atoms with Crippen LogP contribution in [0, 0.1) is 0 Å². The van der Waals surface area contributed by atoms with Crippen LogP contribution in [0.2, 0.25) is 0 Å². The van der Waals surface area contributed by atoms with Crippen LogP contribution in [0.15, 0.2) is 42.5 Å². The summed E-state index contributed by atoms with van der Waals surface area (Å²) in [7, 11) is 0. The number of hydrogen-bond acceptors (Lipinski definition) is 3. The molecule has 0 aromatic heterocycles. The molecule has 4 amide bonds. The summed E-state index contributed by atoms with van der Waals surface area (Å²) in [5.41, 5.74) is 0.970. The van der Waals surface area contributed by atoms with Crippen molar-refractivity contribution < 1.29 is 14.4 Å². The highest BCUT2D eigenvalue weighted by Gasteiger charge is 2.38. The molecular weight excluding hydrogens is 330 g/mol. The second-order valence-corrected chi connectivity index (χ2v) is 6.61. The highest BCUT2D eigenvalue weighted by atomic mass is 16.2. The number of fused-ring (bicyclic) bond motifs is 1. The van der Waals surface area contributed by atoms with Gasteiger partial charge in [-0.25, -0.2) is 4.79 Å². The Balaban J connectivity index is 1.63. The molecule has 6 nitrogen and oxygen atoms in total. The molecule has 0 spiro atoms. The molecule has 0 aliphatic carbocycles. The molecule has 2 aromatic carbocycles. The molecule has 6 heteroatoms.